The molecule has 0 saturated heterocycles. The number of carbonyl (C=O) groups excluding carboxylic acids is 2. The van der Waals surface area contributed by atoms with Crippen LogP contribution in [-0.4, -0.2) is 44.3 Å². The minimum absolute atomic E-state index is 0.0527. The first-order valence-electron chi connectivity index (χ1n) is 12.7. The molecule has 1 atom stereocenters. The molecule has 0 aliphatic carbocycles. The summed E-state index contributed by atoms with van der Waals surface area (Å²) in [7, 11) is -4.12. The summed E-state index contributed by atoms with van der Waals surface area (Å²) < 4.78 is 29.7. The van der Waals surface area contributed by atoms with Crippen LogP contribution < -0.4 is 9.62 Å². The average molecular weight is 635 g/mol. The van der Waals surface area contributed by atoms with Crippen LogP contribution in [0, 0.1) is 6.92 Å². The largest absolute Gasteiger partial charge is 0.354 e. The van der Waals surface area contributed by atoms with Crippen LogP contribution in [0.2, 0.25) is 5.02 Å². The van der Waals surface area contributed by atoms with Gasteiger partial charge >= 0.3 is 0 Å². The number of anilines is 1. The smallest absolute Gasteiger partial charge is 0.264 e. The highest BCUT2D eigenvalue weighted by molar-refractivity contribution is 9.10. The molecule has 0 aromatic heterocycles. The van der Waals surface area contributed by atoms with E-state index >= 15 is 0 Å². The van der Waals surface area contributed by atoms with Gasteiger partial charge in [0.25, 0.3) is 10.0 Å². The number of amides is 2. The quantitative estimate of drug-likeness (QED) is 0.250. The molecule has 2 amide bonds. The number of halogens is 2. The number of aryl methyl sites for hydroxylation is 1. The molecular formula is C29H33BrClN3O4S. The maximum atomic E-state index is 13.9. The predicted octanol–water partition coefficient (Wildman–Crippen LogP) is 5.94. The topological polar surface area (TPSA) is 86.8 Å². The molecule has 39 heavy (non-hydrogen) atoms. The number of hydrogen-bond donors (Lipinski definition) is 1. The minimum atomic E-state index is -4.12. The zero-order valence-electron chi connectivity index (χ0n) is 22.2. The minimum Gasteiger partial charge on any atom is -0.354 e. The van der Waals surface area contributed by atoms with Crippen molar-refractivity contribution in [3.8, 4) is 0 Å². The molecule has 1 unspecified atom stereocenters. The van der Waals surface area contributed by atoms with Crippen LogP contribution >= 0.6 is 27.5 Å². The molecule has 1 N–H and O–H groups in total. The van der Waals surface area contributed by atoms with Gasteiger partial charge in [-0.1, -0.05) is 71.2 Å². The molecule has 0 aliphatic heterocycles. The SMILES string of the molecule is CCCCNC(=O)C(C)N(Cc1ccc(Br)cc1)C(=O)CN(c1ccc(Cl)cc1C)S(=O)(=O)c1ccccc1. The lowest BCUT2D eigenvalue weighted by Gasteiger charge is -2.32. The Morgan fingerprint density at radius 1 is 1.03 bits per heavy atom. The number of nitrogens with zero attached hydrogens (tertiary/aromatic N) is 2. The number of benzene rings is 3. The third-order valence-electron chi connectivity index (χ3n) is 6.30. The second-order valence-corrected chi connectivity index (χ2v) is 12.4. The van der Waals surface area contributed by atoms with Crippen LogP contribution in [0.4, 0.5) is 5.69 Å². The third kappa shape index (κ3) is 8.06. The zero-order chi connectivity index (χ0) is 28.6. The van der Waals surface area contributed by atoms with E-state index in [0.717, 1.165) is 27.2 Å². The van der Waals surface area contributed by atoms with E-state index < -0.39 is 28.5 Å². The molecule has 0 bridgehead atoms. The van der Waals surface area contributed by atoms with Gasteiger partial charge in [-0.3, -0.25) is 13.9 Å². The number of nitrogens with one attached hydrogen (secondary N) is 1. The number of hydrogen-bond acceptors (Lipinski definition) is 4. The van der Waals surface area contributed by atoms with Crippen molar-refractivity contribution in [3.05, 3.63) is 93.4 Å². The van der Waals surface area contributed by atoms with E-state index in [-0.39, 0.29) is 17.3 Å². The van der Waals surface area contributed by atoms with Gasteiger partial charge in [-0.25, -0.2) is 8.42 Å². The van der Waals surface area contributed by atoms with Crippen LogP contribution in [0.15, 0.2) is 82.2 Å². The average Bonchev–Trinajstić information content (AvgIpc) is 2.91. The molecule has 0 aliphatic rings. The summed E-state index contributed by atoms with van der Waals surface area (Å²) >= 11 is 9.56. The lowest BCUT2D eigenvalue weighted by atomic mass is 10.1. The Kier molecular flexibility index (Phi) is 11.0. The Balaban J connectivity index is 2.01. The normalized spacial score (nSPS) is 12.0. The fourth-order valence-corrected chi connectivity index (χ4v) is 6.03. The maximum Gasteiger partial charge on any atom is 0.264 e. The van der Waals surface area contributed by atoms with E-state index in [1.807, 2.05) is 31.2 Å². The number of carbonyl (C=O) groups is 2. The Labute approximate surface area is 244 Å². The summed E-state index contributed by atoms with van der Waals surface area (Å²) in [6.45, 7) is 5.55. The van der Waals surface area contributed by atoms with Crippen molar-refractivity contribution < 1.29 is 18.0 Å². The summed E-state index contributed by atoms with van der Waals surface area (Å²) in [4.78, 5) is 28.4. The monoisotopic (exact) mass is 633 g/mol. The second kappa shape index (κ2) is 14.0. The molecule has 0 radical (unpaired) electrons. The molecular weight excluding hydrogens is 602 g/mol. The van der Waals surface area contributed by atoms with E-state index in [9.17, 15) is 18.0 Å². The van der Waals surface area contributed by atoms with Crippen molar-refractivity contribution in [1.82, 2.24) is 10.2 Å². The molecule has 3 rings (SSSR count). The Morgan fingerprint density at radius 3 is 2.31 bits per heavy atom. The van der Waals surface area contributed by atoms with Crippen molar-refractivity contribution in [3.63, 3.8) is 0 Å². The Hall–Kier alpha value is -2.88. The Morgan fingerprint density at radius 2 is 1.69 bits per heavy atom. The highest BCUT2D eigenvalue weighted by Gasteiger charge is 2.33. The maximum absolute atomic E-state index is 13.9. The van der Waals surface area contributed by atoms with E-state index in [2.05, 4.69) is 21.2 Å². The number of sulfonamides is 1. The van der Waals surface area contributed by atoms with Gasteiger partial charge in [-0.15, -0.1) is 0 Å². The summed E-state index contributed by atoms with van der Waals surface area (Å²) in [5.74, 6) is -0.807. The summed E-state index contributed by atoms with van der Waals surface area (Å²) in [5.41, 5.74) is 1.74. The van der Waals surface area contributed by atoms with Crippen LogP contribution in [-0.2, 0) is 26.2 Å². The fourth-order valence-electron chi connectivity index (χ4n) is 4.04. The third-order valence-corrected chi connectivity index (χ3v) is 8.84. The van der Waals surface area contributed by atoms with Crippen LogP contribution in [0.25, 0.3) is 0 Å². The summed E-state index contributed by atoms with van der Waals surface area (Å²) in [6, 6.07) is 19.4. The molecule has 0 saturated carbocycles. The van der Waals surface area contributed by atoms with E-state index in [0.29, 0.717) is 22.8 Å². The van der Waals surface area contributed by atoms with Crippen LogP contribution in [0.5, 0.6) is 0 Å². The molecule has 0 fully saturated rings. The van der Waals surface area contributed by atoms with Gasteiger partial charge in [-0.2, -0.15) is 0 Å². The van der Waals surface area contributed by atoms with Gasteiger partial charge < -0.3 is 10.2 Å². The first-order valence-corrected chi connectivity index (χ1v) is 15.3. The lowest BCUT2D eigenvalue weighted by molar-refractivity contribution is -0.139. The van der Waals surface area contributed by atoms with Crippen LogP contribution in [0.3, 0.4) is 0 Å². The van der Waals surface area contributed by atoms with Crippen molar-refractivity contribution >= 4 is 55.1 Å². The van der Waals surface area contributed by atoms with Gasteiger partial charge in [-0.05, 0) is 73.9 Å². The predicted molar refractivity (Wildman–Crippen MR) is 159 cm³/mol. The van der Waals surface area contributed by atoms with E-state index in [4.69, 9.17) is 11.6 Å². The standard InChI is InChI=1S/C29H33BrClN3O4S/c1-4-5-17-32-29(36)22(3)33(19-23-11-13-24(30)14-12-23)28(35)20-34(27-16-15-25(31)18-21(27)2)39(37,38)26-9-7-6-8-10-26/h6-16,18,22H,4-5,17,19-20H2,1-3H3,(H,32,36). The second-order valence-electron chi connectivity index (χ2n) is 9.22. The zero-order valence-corrected chi connectivity index (χ0v) is 25.4. The fraction of sp³-hybridized carbons (Fsp3) is 0.310. The highest BCUT2D eigenvalue weighted by Crippen LogP contribution is 2.29. The molecule has 10 heteroatoms. The van der Waals surface area contributed by atoms with Gasteiger partial charge in [0, 0.05) is 22.6 Å². The van der Waals surface area contributed by atoms with E-state index in [1.165, 1.54) is 17.0 Å². The van der Waals surface area contributed by atoms with E-state index in [1.54, 1.807) is 50.2 Å². The molecule has 208 valence electrons. The highest BCUT2D eigenvalue weighted by atomic mass is 79.9. The number of unbranched alkanes of at least 4 members (excludes halogenated alkanes) is 1. The number of rotatable bonds is 12. The van der Waals surface area contributed by atoms with Crippen molar-refractivity contribution in [1.29, 1.82) is 0 Å². The molecule has 7 nitrogen and oxygen atoms in total. The van der Waals surface area contributed by atoms with Crippen molar-refractivity contribution in [2.24, 2.45) is 0 Å². The Bertz CT molecular complexity index is 1390. The first kappa shape index (κ1) is 30.7. The molecule has 3 aromatic carbocycles. The van der Waals surface area contributed by atoms with Crippen molar-refractivity contribution in [2.45, 2.75) is 51.1 Å². The van der Waals surface area contributed by atoms with Crippen molar-refractivity contribution in [2.75, 3.05) is 17.4 Å². The molecule has 3 aromatic rings. The van der Waals surface area contributed by atoms with Gasteiger partial charge in [0.1, 0.15) is 12.6 Å². The van der Waals surface area contributed by atoms with Crippen LogP contribution in [0.1, 0.15) is 37.8 Å². The summed E-state index contributed by atoms with van der Waals surface area (Å²) in [5, 5.41) is 3.34. The lowest BCUT2D eigenvalue weighted by Crippen LogP contribution is -2.51. The first-order chi connectivity index (χ1) is 18.5. The summed E-state index contributed by atoms with van der Waals surface area (Å²) in [6.07, 6.45) is 1.74. The van der Waals surface area contributed by atoms with Gasteiger partial charge in [0.15, 0.2) is 0 Å². The molecule has 0 spiro atoms. The van der Waals surface area contributed by atoms with Gasteiger partial charge in [0.05, 0.1) is 10.6 Å². The van der Waals surface area contributed by atoms with Gasteiger partial charge in [0.2, 0.25) is 11.8 Å². The molecule has 0 heterocycles.